The molecular formula is C21H29N5O2. The van der Waals surface area contributed by atoms with E-state index in [2.05, 4.69) is 31.2 Å². The highest BCUT2D eigenvalue weighted by Crippen LogP contribution is 2.18. The van der Waals surface area contributed by atoms with Crippen molar-refractivity contribution in [3.63, 3.8) is 0 Å². The van der Waals surface area contributed by atoms with Crippen LogP contribution in [-0.2, 0) is 13.1 Å². The van der Waals surface area contributed by atoms with Crippen molar-refractivity contribution in [2.24, 2.45) is 0 Å². The number of oxazole rings is 1. The number of piperazine rings is 1. The molecule has 2 fully saturated rings. The zero-order valence-corrected chi connectivity index (χ0v) is 16.3. The molecule has 0 bridgehead atoms. The van der Waals surface area contributed by atoms with Crippen LogP contribution in [0.15, 0.2) is 35.1 Å². The maximum atomic E-state index is 12.4. The lowest BCUT2D eigenvalue weighted by molar-refractivity contribution is 0.0922. The second kappa shape index (κ2) is 9.30. The first-order valence-electron chi connectivity index (χ1n) is 10.4. The van der Waals surface area contributed by atoms with Gasteiger partial charge in [-0.15, -0.1) is 0 Å². The average Bonchev–Trinajstić information content (AvgIpc) is 3.20. The molecule has 1 aliphatic heterocycles. The number of nitrogens with zero attached hydrogens (tertiary/aromatic N) is 4. The Morgan fingerprint density at radius 2 is 1.82 bits per heavy atom. The molecule has 150 valence electrons. The van der Waals surface area contributed by atoms with Gasteiger partial charge in [0, 0.05) is 45.0 Å². The van der Waals surface area contributed by atoms with Gasteiger partial charge in [-0.2, -0.15) is 0 Å². The fourth-order valence-corrected chi connectivity index (χ4v) is 4.01. The van der Waals surface area contributed by atoms with Crippen LogP contribution in [-0.4, -0.2) is 57.9 Å². The van der Waals surface area contributed by atoms with Crippen LogP contribution in [0.1, 0.15) is 54.2 Å². The van der Waals surface area contributed by atoms with Crippen LogP contribution in [0.3, 0.4) is 0 Å². The summed E-state index contributed by atoms with van der Waals surface area (Å²) in [5.74, 6) is 0.508. The summed E-state index contributed by atoms with van der Waals surface area (Å²) in [6, 6.07) is 6.33. The topological polar surface area (TPSA) is 74.5 Å². The van der Waals surface area contributed by atoms with Crippen molar-refractivity contribution in [2.45, 2.75) is 51.2 Å². The van der Waals surface area contributed by atoms with Crippen LogP contribution < -0.4 is 5.32 Å². The van der Waals surface area contributed by atoms with Gasteiger partial charge in [0.1, 0.15) is 6.26 Å². The molecule has 0 unspecified atom stereocenters. The molecule has 2 aromatic rings. The minimum absolute atomic E-state index is 0.109. The zero-order chi connectivity index (χ0) is 19.2. The number of aromatic nitrogens is 2. The lowest BCUT2D eigenvalue weighted by Crippen LogP contribution is -2.45. The van der Waals surface area contributed by atoms with Gasteiger partial charge in [0.25, 0.3) is 5.91 Å². The van der Waals surface area contributed by atoms with Gasteiger partial charge in [0.05, 0.1) is 12.2 Å². The Labute approximate surface area is 166 Å². The number of hydrogen-bond donors (Lipinski definition) is 1. The highest BCUT2D eigenvalue weighted by Gasteiger charge is 2.22. The number of rotatable bonds is 6. The zero-order valence-electron chi connectivity index (χ0n) is 16.3. The van der Waals surface area contributed by atoms with E-state index in [0.29, 0.717) is 18.1 Å². The van der Waals surface area contributed by atoms with Crippen molar-refractivity contribution in [1.82, 2.24) is 25.1 Å². The van der Waals surface area contributed by atoms with E-state index in [1.807, 2.05) is 18.3 Å². The second-order valence-corrected chi connectivity index (χ2v) is 7.81. The molecule has 0 atom stereocenters. The van der Waals surface area contributed by atoms with E-state index in [-0.39, 0.29) is 11.9 Å². The third kappa shape index (κ3) is 5.17. The van der Waals surface area contributed by atoms with Crippen LogP contribution in [0.25, 0.3) is 0 Å². The number of carbonyl (C=O) groups is 1. The second-order valence-electron chi connectivity index (χ2n) is 7.81. The van der Waals surface area contributed by atoms with E-state index in [1.165, 1.54) is 25.5 Å². The molecule has 0 radical (unpaired) electrons. The monoisotopic (exact) mass is 383 g/mol. The molecule has 1 saturated heterocycles. The lowest BCUT2D eigenvalue weighted by atomic mass is 9.95. The van der Waals surface area contributed by atoms with Crippen molar-refractivity contribution < 1.29 is 9.21 Å². The van der Waals surface area contributed by atoms with Crippen molar-refractivity contribution in [2.75, 3.05) is 26.2 Å². The molecule has 0 aromatic carbocycles. The Morgan fingerprint density at radius 3 is 2.54 bits per heavy atom. The number of pyridine rings is 1. The average molecular weight is 383 g/mol. The predicted octanol–water partition coefficient (Wildman–Crippen LogP) is 2.45. The summed E-state index contributed by atoms with van der Waals surface area (Å²) in [4.78, 5) is 25.9. The lowest BCUT2D eigenvalue weighted by Gasteiger charge is -2.33. The summed E-state index contributed by atoms with van der Waals surface area (Å²) in [5, 5.41) is 3.09. The van der Waals surface area contributed by atoms with Crippen molar-refractivity contribution >= 4 is 5.91 Å². The van der Waals surface area contributed by atoms with E-state index in [1.54, 1.807) is 0 Å². The third-order valence-corrected chi connectivity index (χ3v) is 5.66. The van der Waals surface area contributed by atoms with Crippen LogP contribution in [0.5, 0.6) is 0 Å². The fourth-order valence-electron chi connectivity index (χ4n) is 4.01. The summed E-state index contributed by atoms with van der Waals surface area (Å²) in [6.45, 7) is 5.43. The quantitative estimate of drug-likeness (QED) is 0.826. The molecule has 28 heavy (non-hydrogen) atoms. The van der Waals surface area contributed by atoms with Crippen LogP contribution >= 0.6 is 0 Å². The molecule has 7 nitrogen and oxygen atoms in total. The molecular weight excluding hydrogens is 354 g/mol. The summed E-state index contributed by atoms with van der Waals surface area (Å²) in [7, 11) is 0. The molecule has 4 rings (SSSR count). The first kappa shape index (κ1) is 19.1. The van der Waals surface area contributed by atoms with Crippen molar-refractivity contribution in [1.29, 1.82) is 0 Å². The molecule has 1 saturated carbocycles. The molecule has 1 N–H and O–H groups in total. The SMILES string of the molecule is O=C(NC1CCCCC1)c1coc(CN2CCN(Cc3ccccn3)CC2)n1. The van der Waals surface area contributed by atoms with Gasteiger partial charge in [-0.1, -0.05) is 25.3 Å². The highest BCUT2D eigenvalue weighted by atomic mass is 16.3. The minimum Gasteiger partial charge on any atom is -0.447 e. The van der Waals surface area contributed by atoms with Gasteiger partial charge in [-0.3, -0.25) is 19.6 Å². The molecule has 0 spiro atoms. The number of amides is 1. The summed E-state index contributed by atoms with van der Waals surface area (Å²) < 4.78 is 5.56. The van der Waals surface area contributed by atoms with Gasteiger partial charge < -0.3 is 9.73 Å². The number of nitrogens with one attached hydrogen (secondary N) is 1. The van der Waals surface area contributed by atoms with Gasteiger partial charge in [-0.25, -0.2) is 4.98 Å². The van der Waals surface area contributed by atoms with E-state index >= 15 is 0 Å². The van der Waals surface area contributed by atoms with Crippen LogP contribution in [0.4, 0.5) is 0 Å². The maximum absolute atomic E-state index is 12.4. The smallest absolute Gasteiger partial charge is 0.273 e. The standard InChI is InChI=1S/C21H29N5O2/c27-21(23-17-6-2-1-3-7-17)19-16-28-20(24-19)15-26-12-10-25(11-13-26)14-18-8-4-5-9-22-18/h4-5,8-9,16-17H,1-3,6-7,10-15H2,(H,23,27). The van der Waals surface area contributed by atoms with Crippen molar-refractivity contribution in [3.05, 3.63) is 47.9 Å². The highest BCUT2D eigenvalue weighted by molar-refractivity contribution is 5.92. The van der Waals surface area contributed by atoms with Gasteiger partial charge in [-0.05, 0) is 25.0 Å². The molecule has 7 heteroatoms. The Morgan fingerprint density at radius 1 is 1.07 bits per heavy atom. The van der Waals surface area contributed by atoms with Crippen LogP contribution in [0.2, 0.25) is 0 Å². The van der Waals surface area contributed by atoms with Gasteiger partial charge >= 0.3 is 0 Å². The van der Waals surface area contributed by atoms with E-state index in [4.69, 9.17) is 4.42 Å². The molecule has 2 aliphatic rings. The van der Waals surface area contributed by atoms with Gasteiger partial charge in [0.15, 0.2) is 5.69 Å². The fraction of sp³-hybridized carbons (Fsp3) is 0.571. The molecule has 1 amide bonds. The third-order valence-electron chi connectivity index (χ3n) is 5.66. The molecule has 1 aliphatic carbocycles. The summed E-state index contributed by atoms with van der Waals surface area (Å²) >= 11 is 0. The van der Waals surface area contributed by atoms with Gasteiger partial charge in [0.2, 0.25) is 5.89 Å². The number of hydrogen-bond acceptors (Lipinski definition) is 6. The minimum atomic E-state index is -0.109. The summed E-state index contributed by atoms with van der Waals surface area (Å²) in [6.07, 6.45) is 9.14. The predicted molar refractivity (Wildman–Crippen MR) is 106 cm³/mol. The Bertz CT molecular complexity index is 749. The van der Waals surface area contributed by atoms with E-state index in [0.717, 1.165) is 51.3 Å². The largest absolute Gasteiger partial charge is 0.447 e. The van der Waals surface area contributed by atoms with Crippen LogP contribution in [0, 0.1) is 0 Å². The Balaban J connectivity index is 1.22. The normalized spacial score (nSPS) is 19.6. The van der Waals surface area contributed by atoms with Crippen molar-refractivity contribution in [3.8, 4) is 0 Å². The van der Waals surface area contributed by atoms with E-state index in [9.17, 15) is 4.79 Å². The number of carbonyl (C=O) groups excluding carboxylic acids is 1. The Hall–Kier alpha value is -2.25. The molecule has 2 aromatic heterocycles. The Kier molecular flexibility index (Phi) is 6.34. The first-order valence-corrected chi connectivity index (χ1v) is 10.4. The maximum Gasteiger partial charge on any atom is 0.273 e. The molecule has 3 heterocycles. The van der Waals surface area contributed by atoms with E-state index < -0.39 is 0 Å². The first-order chi connectivity index (χ1) is 13.8. The summed E-state index contributed by atoms with van der Waals surface area (Å²) in [5.41, 5.74) is 1.51.